The van der Waals surface area contributed by atoms with Crippen molar-refractivity contribution in [3.8, 4) is 0 Å². The number of nitrogens with one attached hydrogen (secondary N) is 1. The third-order valence-corrected chi connectivity index (χ3v) is 3.42. The van der Waals surface area contributed by atoms with Crippen molar-refractivity contribution in [1.29, 1.82) is 0 Å². The molecule has 0 heterocycles. The monoisotopic (exact) mass is 335 g/mol. The zero-order valence-electron chi connectivity index (χ0n) is 9.19. The first-order valence-corrected chi connectivity index (χ1v) is 6.22. The summed E-state index contributed by atoms with van der Waals surface area (Å²) < 4.78 is 0.547. The smallest absolute Gasteiger partial charge is 0.326 e. The van der Waals surface area contributed by atoms with Crippen LogP contribution in [0.2, 0.25) is 5.02 Å². The Balaban J connectivity index is 2.80. The van der Waals surface area contributed by atoms with Gasteiger partial charge in [0.2, 0.25) is 0 Å². The van der Waals surface area contributed by atoms with Crippen molar-refractivity contribution in [2.45, 2.75) is 12.5 Å². The Hall–Kier alpha value is -1.11. The fraction of sp³-hybridized carbons (Fsp3) is 0.273. The van der Waals surface area contributed by atoms with Crippen LogP contribution in [0.3, 0.4) is 0 Å². The maximum atomic E-state index is 11.8. The molecule has 1 rings (SSSR count). The summed E-state index contributed by atoms with van der Waals surface area (Å²) >= 11 is 8.96. The molecule has 0 fully saturated rings. The quantitative estimate of drug-likeness (QED) is 0.763. The lowest BCUT2D eigenvalue weighted by Gasteiger charge is -2.13. The number of aliphatic hydroxyl groups is 1. The lowest BCUT2D eigenvalue weighted by molar-refractivity contribution is -0.139. The molecule has 1 atom stereocenters. The highest BCUT2D eigenvalue weighted by molar-refractivity contribution is 9.10. The molecule has 0 unspecified atom stereocenters. The van der Waals surface area contributed by atoms with Gasteiger partial charge in [0.15, 0.2) is 0 Å². The summed E-state index contributed by atoms with van der Waals surface area (Å²) in [6.07, 6.45) is -0.0458. The molecular formula is C11H11BrClNO4. The van der Waals surface area contributed by atoms with Gasteiger partial charge in [-0.2, -0.15) is 0 Å². The topological polar surface area (TPSA) is 86.6 Å². The fourth-order valence-electron chi connectivity index (χ4n) is 1.27. The number of halogens is 2. The molecule has 0 aromatic heterocycles. The van der Waals surface area contributed by atoms with Gasteiger partial charge in [0, 0.05) is 23.1 Å². The Labute approximate surface area is 117 Å². The van der Waals surface area contributed by atoms with Crippen molar-refractivity contribution in [1.82, 2.24) is 5.32 Å². The Morgan fingerprint density at radius 1 is 1.44 bits per heavy atom. The van der Waals surface area contributed by atoms with E-state index in [0.29, 0.717) is 9.50 Å². The molecule has 0 bridgehead atoms. The zero-order valence-corrected chi connectivity index (χ0v) is 11.5. The van der Waals surface area contributed by atoms with E-state index < -0.39 is 17.9 Å². The van der Waals surface area contributed by atoms with Gasteiger partial charge >= 0.3 is 5.97 Å². The van der Waals surface area contributed by atoms with E-state index in [1.807, 2.05) is 0 Å². The molecular weight excluding hydrogens is 325 g/mol. The van der Waals surface area contributed by atoms with Crippen LogP contribution in [-0.4, -0.2) is 34.7 Å². The fourth-order valence-corrected chi connectivity index (χ4v) is 1.76. The van der Waals surface area contributed by atoms with Crippen LogP contribution in [0.5, 0.6) is 0 Å². The standard InChI is InChI=1S/C11H11BrClNO4/c12-7-5-6(1-2-8(7)13)10(16)14-9(3-4-15)11(17)18/h1-2,5,9,15H,3-4H2,(H,14,16)(H,17,18)/t9-/m1/s1. The predicted molar refractivity (Wildman–Crippen MR) is 69.7 cm³/mol. The number of carbonyl (C=O) groups excluding carboxylic acids is 1. The number of carboxylic acids is 1. The van der Waals surface area contributed by atoms with Crippen LogP contribution in [0.15, 0.2) is 22.7 Å². The van der Waals surface area contributed by atoms with Crippen LogP contribution in [0, 0.1) is 0 Å². The van der Waals surface area contributed by atoms with E-state index in [1.165, 1.54) is 18.2 Å². The maximum absolute atomic E-state index is 11.8. The maximum Gasteiger partial charge on any atom is 0.326 e. The average molecular weight is 337 g/mol. The van der Waals surface area contributed by atoms with Gasteiger partial charge in [0.05, 0.1) is 5.02 Å². The van der Waals surface area contributed by atoms with Crippen LogP contribution >= 0.6 is 27.5 Å². The minimum atomic E-state index is -1.19. The molecule has 0 aliphatic rings. The first-order chi connectivity index (χ1) is 8.45. The molecule has 5 nitrogen and oxygen atoms in total. The SMILES string of the molecule is O=C(N[C@H](CCO)C(=O)O)c1ccc(Cl)c(Br)c1. The molecule has 1 aromatic carbocycles. The average Bonchev–Trinajstić information content (AvgIpc) is 2.31. The van der Waals surface area contributed by atoms with Crippen LogP contribution in [0.1, 0.15) is 16.8 Å². The lowest BCUT2D eigenvalue weighted by atomic mass is 10.1. The lowest BCUT2D eigenvalue weighted by Crippen LogP contribution is -2.41. The van der Waals surface area contributed by atoms with Crippen LogP contribution in [0.25, 0.3) is 0 Å². The molecule has 3 N–H and O–H groups in total. The van der Waals surface area contributed by atoms with Crippen molar-refractivity contribution in [3.63, 3.8) is 0 Å². The minimum Gasteiger partial charge on any atom is -0.480 e. The van der Waals surface area contributed by atoms with Crippen molar-refractivity contribution in [2.75, 3.05) is 6.61 Å². The van der Waals surface area contributed by atoms with Crippen molar-refractivity contribution >= 4 is 39.4 Å². The molecule has 0 saturated heterocycles. The molecule has 0 spiro atoms. The Morgan fingerprint density at radius 3 is 2.61 bits per heavy atom. The largest absolute Gasteiger partial charge is 0.480 e. The first-order valence-electron chi connectivity index (χ1n) is 5.05. The highest BCUT2D eigenvalue weighted by Gasteiger charge is 2.20. The van der Waals surface area contributed by atoms with E-state index in [9.17, 15) is 9.59 Å². The van der Waals surface area contributed by atoms with Crippen LogP contribution in [0.4, 0.5) is 0 Å². The number of amides is 1. The minimum absolute atomic E-state index is 0.0458. The van der Waals surface area contributed by atoms with E-state index in [2.05, 4.69) is 21.2 Å². The molecule has 1 amide bonds. The van der Waals surface area contributed by atoms with Gasteiger partial charge in [-0.1, -0.05) is 11.6 Å². The molecule has 0 saturated carbocycles. The Bertz CT molecular complexity index is 466. The normalized spacial score (nSPS) is 11.9. The third-order valence-electron chi connectivity index (χ3n) is 2.20. The molecule has 0 aliphatic carbocycles. The Kier molecular flexibility index (Phi) is 5.58. The molecule has 0 aliphatic heterocycles. The van der Waals surface area contributed by atoms with Crippen LogP contribution in [-0.2, 0) is 4.79 Å². The number of carbonyl (C=O) groups is 2. The van der Waals surface area contributed by atoms with Gasteiger partial charge < -0.3 is 15.5 Å². The number of benzene rings is 1. The number of hydrogen-bond acceptors (Lipinski definition) is 3. The number of carboxylic acid groups (broad SMARTS) is 1. The number of hydrogen-bond donors (Lipinski definition) is 3. The summed E-state index contributed by atoms with van der Waals surface area (Å²) in [4.78, 5) is 22.6. The molecule has 1 aromatic rings. The second-order valence-corrected chi connectivity index (χ2v) is 4.77. The van der Waals surface area contributed by atoms with Gasteiger partial charge in [-0.3, -0.25) is 4.79 Å². The summed E-state index contributed by atoms with van der Waals surface area (Å²) in [5.74, 6) is -1.72. The van der Waals surface area contributed by atoms with Gasteiger partial charge in [0.25, 0.3) is 5.91 Å². The van der Waals surface area contributed by atoms with Crippen molar-refractivity contribution < 1.29 is 19.8 Å². The summed E-state index contributed by atoms with van der Waals surface area (Å²) in [5.41, 5.74) is 0.287. The number of aliphatic carboxylic acids is 1. The zero-order chi connectivity index (χ0) is 13.7. The van der Waals surface area contributed by atoms with E-state index >= 15 is 0 Å². The van der Waals surface area contributed by atoms with Gasteiger partial charge in [-0.05, 0) is 34.1 Å². The van der Waals surface area contributed by atoms with E-state index in [0.717, 1.165) is 0 Å². The second kappa shape index (κ2) is 6.72. The predicted octanol–water partition coefficient (Wildman–Crippen LogP) is 1.67. The summed E-state index contributed by atoms with van der Waals surface area (Å²) in [6.45, 7) is -0.318. The van der Waals surface area contributed by atoms with E-state index in [4.69, 9.17) is 21.8 Å². The Morgan fingerprint density at radius 2 is 2.11 bits per heavy atom. The summed E-state index contributed by atoms with van der Waals surface area (Å²) in [5, 5.41) is 20.3. The second-order valence-electron chi connectivity index (χ2n) is 3.51. The van der Waals surface area contributed by atoms with Crippen LogP contribution < -0.4 is 5.32 Å². The van der Waals surface area contributed by atoms with E-state index in [-0.39, 0.29) is 18.6 Å². The highest BCUT2D eigenvalue weighted by Crippen LogP contribution is 2.23. The summed E-state index contributed by atoms with van der Waals surface area (Å²) in [7, 11) is 0. The third kappa shape index (κ3) is 3.97. The summed E-state index contributed by atoms with van der Waals surface area (Å²) in [6, 6.07) is 3.40. The number of rotatable bonds is 5. The van der Waals surface area contributed by atoms with E-state index in [1.54, 1.807) is 0 Å². The highest BCUT2D eigenvalue weighted by atomic mass is 79.9. The molecule has 0 radical (unpaired) electrons. The van der Waals surface area contributed by atoms with Gasteiger partial charge in [-0.15, -0.1) is 0 Å². The molecule has 18 heavy (non-hydrogen) atoms. The molecule has 7 heteroatoms. The van der Waals surface area contributed by atoms with Gasteiger partial charge in [0.1, 0.15) is 6.04 Å². The van der Waals surface area contributed by atoms with Crippen molar-refractivity contribution in [3.05, 3.63) is 33.3 Å². The first kappa shape index (κ1) is 14.9. The van der Waals surface area contributed by atoms with Gasteiger partial charge in [-0.25, -0.2) is 4.79 Å². The van der Waals surface area contributed by atoms with Crippen molar-refractivity contribution in [2.24, 2.45) is 0 Å². The number of aliphatic hydroxyl groups excluding tert-OH is 1. The molecule has 98 valence electrons.